The molecule has 1 aliphatic rings. The highest BCUT2D eigenvalue weighted by Gasteiger charge is 2.20. The van der Waals surface area contributed by atoms with E-state index in [0.29, 0.717) is 12.6 Å². The van der Waals surface area contributed by atoms with Gasteiger partial charge in [-0.25, -0.2) is 0 Å². The van der Waals surface area contributed by atoms with Crippen LogP contribution in [0.5, 0.6) is 5.75 Å². The van der Waals surface area contributed by atoms with Gasteiger partial charge in [0.25, 0.3) is 0 Å². The van der Waals surface area contributed by atoms with Crippen molar-refractivity contribution in [3.05, 3.63) is 65.7 Å². The fourth-order valence-corrected chi connectivity index (χ4v) is 2.92. The van der Waals surface area contributed by atoms with E-state index in [1.807, 2.05) is 24.3 Å². The predicted molar refractivity (Wildman–Crippen MR) is 89.7 cm³/mol. The molecule has 0 bridgehead atoms. The van der Waals surface area contributed by atoms with Crippen LogP contribution in [0.3, 0.4) is 0 Å². The number of nitrogens with zero attached hydrogens (tertiary/aromatic N) is 1. The highest BCUT2D eigenvalue weighted by Crippen LogP contribution is 2.20. The average molecular weight is 296 g/mol. The van der Waals surface area contributed by atoms with Crippen LogP contribution in [0.4, 0.5) is 0 Å². The minimum Gasteiger partial charge on any atom is -0.490 e. The van der Waals surface area contributed by atoms with Crippen molar-refractivity contribution in [2.45, 2.75) is 32.0 Å². The topological polar surface area (TPSA) is 38.5 Å². The van der Waals surface area contributed by atoms with Gasteiger partial charge in [-0.05, 0) is 36.1 Å². The maximum absolute atomic E-state index is 6.09. The molecule has 116 valence electrons. The molecule has 22 heavy (non-hydrogen) atoms. The van der Waals surface area contributed by atoms with Crippen molar-refractivity contribution >= 4 is 0 Å². The van der Waals surface area contributed by atoms with Gasteiger partial charge in [-0.1, -0.05) is 42.5 Å². The van der Waals surface area contributed by atoms with Crippen LogP contribution in [0.2, 0.25) is 0 Å². The molecule has 0 aliphatic carbocycles. The lowest BCUT2D eigenvalue weighted by Gasteiger charge is -2.32. The van der Waals surface area contributed by atoms with E-state index in [-0.39, 0.29) is 0 Å². The second kappa shape index (κ2) is 7.43. The molecular weight excluding hydrogens is 272 g/mol. The number of hydrogen-bond donors (Lipinski definition) is 1. The van der Waals surface area contributed by atoms with E-state index in [2.05, 4.69) is 35.2 Å². The number of likely N-dealkylation sites (tertiary alicyclic amines) is 1. The van der Waals surface area contributed by atoms with E-state index in [4.69, 9.17) is 10.5 Å². The van der Waals surface area contributed by atoms with E-state index in [1.54, 1.807) is 0 Å². The Morgan fingerprint density at radius 3 is 2.23 bits per heavy atom. The molecule has 0 unspecified atom stereocenters. The van der Waals surface area contributed by atoms with E-state index in [9.17, 15) is 0 Å². The predicted octanol–water partition coefficient (Wildman–Crippen LogP) is 3.19. The van der Waals surface area contributed by atoms with Crippen molar-refractivity contribution in [2.75, 3.05) is 13.1 Å². The molecule has 1 saturated heterocycles. The van der Waals surface area contributed by atoms with Crippen molar-refractivity contribution in [3.63, 3.8) is 0 Å². The number of nitrogens with two attached hydrogens (primary N) is 1. The highest BCUT2D eigenvalue weighted by atomic mass is 16.5. The molecule has 2 aromatic carbocycles. The van der Waals surface area contributed by atoms with Gasteiger partial charge in [0.1, 0.15) is 11.9 Å². The van der Waals surface area contributed by atoms with Gasteiger partial charge in [0.2, 0.25) is 0 Å². The molecular formula is C19H24N2O. The van der Waals surface area contributed by atoms with Gasteiger partial charge in [-0.2, -0.15) is 0 Å². The third kappa shape index (κ3) is 4.09. The lowest BCUT2D eigenvalue weighted by Crippen LogP contribution is -2.37. The van der Waals surface area contributed by atoms with E-state index >= 15 is 0 Å². The van der Waals surface area contributed by atoms with Crippen LogP contribution < -0.4 is 10.5 Å². The number of rotatable bonds is 5. The van der Waals surface area contributed by atoms with Crippen molar-refractivity contribution in [2.24, 2.45) is 5.73 Å². The molecule has 2 aromatic rings. The van der Waals surface area contributed by atoms with Gasteiger partial charge in [-0.3, -0.25) is 4.90 Å². The van der Waals surface area contributed by atoms with Crippen LogP contribution in [0.25, 0.3) is 0 Å². The monoisotopic (exact) mass is 296 g/mol. The van der Waals surface area contributed by atoms with Gasteiger partial charge in [0, 0.05) is 26.2 Å². The Morgan fingerprint density at radius 1 is 0.909 bits per heavy atom. The minimum atomic E-state index is 0.329. The van der Waals surface area contributed by atoms with Crippen molar-refractivity contribution in [1.29, 1.82) is 0 Å². The Balaban J connectivity index is 1.47. The zero-order valence-electron chi connectivity index (χ0n) is 12.9. The van der Waals surface area contributed by atoms with Crippen molar-refractivity contribution < 1.29 is 4.74 Å². The summed E-state index contributed by atoms with van der Waals surface area (Å²) in [5.74, 6) is 0.957. The van der Waals surface area contributed by atoms with Crippen LogP contribution in [-0.4, -0.2) is 24.1 Å². The standard InChI is InChI=1S/C19H24N2O/c20-14-16-6-8-18(9-7-16)22-19-10-12-21(13-11-19)15-17-4-2-1-3-5-17/h1-9,19H,10-15,20H2. The molecule has 0 saturated carbocycles. The third-order valence-electron chi connectivity index (χ3n) is 4.25. The van der Waals surface area contributed by atoms with Gasteiger partial charge in [0.05, 0.1) is 0 Å². The van der Waals surface area contributed by atoms with E-state index < -0.39 is 0 Å². The van der Waals surface area contributed by atoms with E-state index in [1.165, 1.54) is 5.56 Å². The molecule has 1 aliphatic heterocycles. The summed E-state index contributed by atoms with van der Waals surface area (Å²) in [6, 6.07) is 18.8. The summed E-state index contributed by atoms with van der Waals surface area (Å²) < 4.78 is 6.09. The smallest absolute Gasteiger partial charge is 0.119 e. The zero-order chi connectivity index (χ0) is 15.2. The Labute approximate surface area is 132 Å². The maximum atomic E-state index is 6.09. The second-order valence-corrected chi connectivity index (χ2v) is 5.93. The highest BCUT2D eigenvalue weighted by molar-refractivity contribution is 5.27. The largest absolute Gasteiger partial charge is 0.490 e. The first-order chi connectivity index (χ1) is 10.8. The molecule has 2 N–H and O–H groups in total. The SMILES string of the molecule is NCc1ccc(OC2CCN(Cc3ccccc3)CC2)cc1. The molecule has 3 heteroatoms. The number of benzene rings is 2. The van der Waals surface area contributed by atoms with E-state index in [0.717, 1.165) is 43.8 Å². The number of piperidine rings is 1. The van der Waals surface area contributed by atoms with Crippen molar-refractivity contribution in [1.82, 2.24) is 4.90 Å². The fourth-order valence-electron chi connectivity index (χ4n) is 2.92. The zero-order valence-corrected chi connectivity index (χ0v) is 12.9. The van der Waals surface area contributed by atoms with Crippen LogP contribution in [0, 0.1) is 0 Å². The van der Waals surface area contributed by atoms with Gasteiger partial charge < -0.3 is 10.5 Å². The summed E-state index contributed by atoms with van der Waals surface area (Å²) in [6.07, 6.45) is 2.51. The van der Waals surface area contributed by atoms with Crippen LogP contribution >= 0.6 is 0 Å². The number of ether oxygens (including phenoxy) is 1. The first-order valence-electron chi connectivity index (χ1n) is 8.05. The number of hydrogen-bond acceptors (Lipinski definition) is 3. The Hall–Kier alpha value is -1.84. The molecule has 0 atom stereocenters. The van der Waals surface area contributed by atoms with Gasteiger partial charge in [0.15, 0.2) is 0 Å². The first kappa shape index (κ1) is 15.1. The average Bonchev–Trinajstić information content (AvgIpc) is 2.58. The molecule has 0 amide bonds. The molecule has 3 nitrogen and oxygen atoms in total. The Morgan fingerprint density at radius 2 is 1.59 bits per heavy atom. The first-order valence-corrected chi connectivity index (χ1v) is 8.05. The summed E-state index contributed by atoms with van der Waals surface area (Å²) in [7, 11) is 0. The summed E-state index contributed by atoms with van der Waals surface area (Å²) >= 11 is 0. The normalized spacial score (nSPS) is 16.6. The maximum Gasteiger partial charge on any atom is 0.119 e. The van der Waals surface area contributed by atoms with Crippen LogP contribution in [0.15, 0.2) is 54.6 Å². The summed E-state index contributed by atoms with van der Waals surface area (Å²) in [6.45, 7) is 3.82. The Bertz CT molecular complexity index is 560. The summed E-state index contributed by atoms with van der Waals surface area (Å²) in [5, 5.41) is 0. The summed E-state index contributed by atoms with van der Waals surface area (Å²) in [4.78, 5) is 2.51. The quantitative estimate of drug-likeness (QED) is 0.921. The lowest BCUT2D eigenvalue weighted by atomic mass is 10.1. The molecule has 1 fully saturated rings. The molecule has 0 aromatic heterocycles. The fraction of sp³-hybridized carbons (Fsp3) is 0.368. The molecule has 0 radical (unpaired) electrons. The Kier molecular flexibility index (Phi) is 5.09. The van der Waals surface area contributed by atoms with Crippen LogP contribution in [-0.2, 0) is 13.1 Å². The lowest BCUT2D eigenvalue weighted by molar-refractivity contribution is 0.0968. The van der Waals surface area contributed by atoms with Crippen LogP contribution in [0.1, 0.15) is 24.0 Å². The minimum absolute atomic E-state index is 0.329. The second-order valence-electron chi connectivity index (χ2n) is 5.93. The third-order valence-corrected chi connectivity index (χ3v) is 4.25. The van der Waals surface area contributed by atoms with Crippen molar-refractivity contribution in [3.8, 4) is 5.75 Å². The molecule has 0 spiro atoms. The summed E-state index contributed by atoms with van der Waals surface area (Å²) in [5.41, 5.74) is 8.15. The molecule has 3 rings (SSSR count). The van der Waals surface area contributed by atoms with Gasteiger partial charge >= 0.3 is 0 Å². The van der Waals surface area contributed by atoms with Gasteiger partial charge in [-0.15, -0.1) is 0 Å². The molecule has 1 heterocycles.